The summed E-state index contributed by atoms with van der Waals surface area (Å²) >= 11 is 0. The molecule has 0 radical (unpaired) electrons. The Morgan fingerprint density at radius 2 is 1.45 bits per heavy atom. The molecule has 5 aliphatic rings. The molecule has 1 heterocycles. The van der Waals surface area contributed by atoms with Crippen molar-refractivity contribution >= 4 is 11.4 Å². The minimum absolute atomic E-state index is 0.0709. The third-order valence-electron chi connectivity index (χ3n) is 9.88. The normalized spacial score (nSPS) is 33.8. The van der Waals surface area contributed by atoms with Gasteiger partial charge in [0.05, 0.1) is 7.11 Å². The molecule has 4 aliphatic carbocycles. The van der Waals surface area contributed by atoms with Crippen LogP contribution in [0.5, 0.6) is 5.75 Å². The van der Waals surface area contributed by atoms with Crippen molar-refractivity contribution < 1.29 is 4.74 Å². The van der Waals surface area contributed by atoms with Gasteiger partial charge in [-0.2, -0.15) is 0 Å². The number of rotatable bonds is 3. The summed E-state index contributed by atoms with van der Waals surface area (Å²) in [5.41, 5.74) is 8.96. The van der Waals surface area contributed by atoms with Crippen molar-refractivity contribution in [1.82, 2.24) is 0 Å². The van der Waals surface area contributed by atoms with Crippen LogP contribution in [-0.2, 0) is 5.41 Å². The molecule has 0 spiro atoms. The predicted molar refractivity (Wildman–Crippen MR) is 138 cm³/mol. The molecule has 2 aromatic carbocycles. The second-order valence-electron chi connectivity index (χ2n) is 12.8. The number of hydrogen-bond acceptors (Lipinski definition) is 2. The Labute approximate surface area is 200 Å². The fourth-order valence-electron chi connectivity index (χ4n) is 8.87. The zero-order valence-corrected chi connectivity index (χ0v) is 21.5. The van der Waals surface area contributed by atoms with Crippen LogP contribution in [0.2, 0.25) is 0 Å². The van der Waals surface area contributed by atoms with Crippen molar-refractivity contribution in [3.8, 4) is 5.75 Å². The molecule has 1 atom stereocenters. The summed E-state index contributed by atoms with van der Waals surface area (Å²) in [5, 5.41) is 0. The average Bonchev–Trinajstić information content (AvgIpc) is 2.74. The second-order valence-corrected chi connectivity index (χ2v) is 12.8. The van der Waals surface area contributed by atoms with Gasteiger partial charge in [0, 0.05) is 22.5 Å². The fourth-order valence-corrected chi connectivity index (χ4v) is 8.87. The highest BCUT2D eigenvalue weighted by Gasteiger charge is 2.52. The quantitative estimate of drug-likeness (QED) is 0.474. The number of methoxy groups -OCH3 is 1. The molecule has 1 unspecified atom stereocenters. The minimum atomic E-state index is 0.0709. The van der Waals surface area contributed by atoms with Crippen molar-refractivity contribution in [3.05, 3.63) is 52.6 Å². The Morgan fingerprint density at radius 1 is 0.848 bits per heavy atom. The molecule has 2 nitrogen and oxygen atoms in total. The maximum atomic E-state index is 6.03. The van der Waals surface area contributed by atoms with Crippen LogP contribution in [0, 0.1) is 31.6 Å². The molecule has 0 aromatic heterocycles. The highest BCUT2D eigenvalue weighted by molar-refractivity contribution is 5.74. The summed E-state index contributed by atoms with van der Waals surface area (Å²) in [4.78, 5) is 2.65. The van der Waals surface area contributed by atoms with Crippen LogP contribution in [0.3, 0.4) is 0 Å². The number of anilines is 2. The second kappa shape index (κ2) is 7.27. The van der Waals surface area contributed by atoms with Gasteiger partial charge in [-0.1, -0.05) is 13.0 Å². The lowest BCUT2D eigenvalue weighted by Crippen LogP contribution is -2.49. The van der Waals surface area contributed by atoms with Crippen molar-refractivity contribution in [2.75, 3.05) is 12.0 Å². The van der Waals surface area contributed by atoms with Gasteiger partial charge in [-0.3, -0.25) is 0 Å². The van der Waals surface area contributed by atoms with Gasteiger partial charge in [0.25, 0.3) is 0 Å². The number of ether oxygens (including phenoxy) is 1. The molecule has 176 valence electrons. The van der Waals surface area contributed by atoms with Crippen molar-refractivity contribution in [3.63, 3.8) is 0 Å². The number of hydrogen-bond donors (Lipinski definition) is 0. The predicted octanol–water partition coefficient (Wildman–Crippen LogP) is 8.20. The maximum Gasteiger partial charge on any atom is 0.122 e. The molecular formula is C31H41NO. The molecule has 7 rings (SSSR count). The van der Waals surface area contributed by atoms with E-state index < -0.39 is 0 Å². The highest BCUT2D eigenvalue weighted by Crippen LogP contribution is 2.62. The molecule has 4 saturated carbocycles. The monoisotopic (exact) mass is 443 g/mol. The van der Waals surface area contributed by atoms with Crippen LogP contribution in [0.4, 0.5) is 11.4 Å². The zero-order valence-electron chi connectivity index (χ0n) is 21.5. The van der Waals surface area contributed by atoms with Crippen LogP contribution in [0.25, 0.3) is 0 Å². The van der Waals surface area contributed by atoms with Crippen LogP contribution >= 0.6 is 0 Å². The SMILES string of the molecule is COc1ccc(N2c3cc(C)c(C)cc3C(C)CC2(C)C)cc1C12CC3CC(CC(C3)C1)C2. The third kappa shape index (κ3) is 3.27. The van der Waals surface area contributed by atoms with E-state index in [1.54, 1.807) is 0 Å². The molecule has 0 N–H and O–H groups in total. The minimum Gasteiger partial charge on any atom is -0.496 e. The lowest BCUT2D eigenvalue weighted by atomic mass is 9.48. The Bertz CT molecular complexity index is 1060. The molecule has 4 bridgehead atoms. The Hall–Kier alpha value is -1.96. The molecule has 33 heavy (non-hydrogen) atoms. The van der Waals surface area contributed by atoms with Gasteiger partial charge in [0.2, 0.25) is 0 Å². The van der Waals surface area contributed by atoms with E-state index in [1.165, 1.54) is 78.6 Å². The first-order valence-corrected chi connectivity index (χ1v) is 13.3. The maximum absolute atomic E-state index is 6.03. The summed E-state index contributed by atoms with van der Waals surface area (Å²) in [5.74, 6) is 4.49. The van der Waals surface area contributed by atoms with Gasteiger partial charge >= 0.3 is 0 Å². The third-order valence-corrected chi connectivity index (χ3v) is 9.88. The number of benzene rings is 2. The first-order chi connectivity index (χ1) is 15.7. The molecular weight excluding hydrogens is 402 g/mol. The topological polar surface area (TPSA) is 12.5 Å². The van der Waals surface area contributed by atoms with Crippen molar-refractivity contribution in [2.45, 2.75) is 96.4 Å². The Kier molecular flexibility index (Phi) is 4.75. The highest BCUT2D eigenvalue weighted by atomic mass is 16.5. The molecule has 0 saturated heterocycles. The summed E-state index contributed by atoms with van der Waals surface area (Å²) < 4.78 is 6.03. The fraction of sp³-hybridized carbons (Fsp3) is 0.613. The van der Waals surface area contributed by atoms with Gasteiger partial charge in [-0.05, 0) is 143 Å². The standard InChI is InChI=1S/C31H41NO/c1-19-9-26-21(3)15-30(4,5)32(28(26)10-20(19)2)25-7-8-29(33-6)27(14-25)31-16-22-11-23(17-31)13-24(12-22)18-31/h7-10,14,21-24H,11-13,15-18H2,1-6H3. The first kappa shape index (κ1) is 21.6. The Balaban J connectivity index is 1.50. The van der Waals surface area contributed by atoms with E-state index in [9.17, 15) is 0 Å². The van der Waals surface area contributed by atoms with E-state index in [-0.39, 0.29) is 5.54 Å². The molecule has 2 aromatic rings. The summed E-state index contributed by atoms with van der Waals surface area (Å²) in [6, 6.07) is 12.0. The molecule has 1 aliphatic heterocycles. The van der Waals surface area contributed by atoms with E-state index in [1.807, 2.05) is 7.11 Å². The number of nitrogens with zero attached hydrogens (tertiary/aromatic N) is 1. The van der Waals surface area contributed by atoms with E-state index in [0.29, 0.717) is 11.3 Å². The van der Waals surface area contributed by atoms with Gasteiger partial charge < -0.3 is 9.64 Å². The molecule has 0 amide bonds. The lowest BCUT2D eigenvalue weighted by molar-refractivity contribution is -0.00614. The van der Waals surface area contributed by atoms with Gasteiger partial charge in [-0.15, -0.1) is 0 Å². The van der Waals surface area contributed by atoms with Crippen LogP contribution < -0.4 is 9.64 Å². The van der Waals surface area contributed by atoms with E-state index in [0.717, 1.165) is 23.5 Å². The van der Waals surface area contributed by atoms with Crippen molar-refractivity contribution in [1.29, 1.82) is 0 Å². The molecule has 2 heteroatoms. The summed E-state index contributed by atoms with van der Waals surface area (Å²) in [6.45, 7) is 11.8. The van der Waals surface area contributed by atoms with Crippen LogP contribution in [0.1, 0.15) is 93.9 Å². The zero-order chi connectivity index (χ0) is 23.1. The summed E-state index contributed by atoms with van der Waals surface area (Å²) in [7, 11) is 1.87. The van der Waals surface area contributed by atoms with E-state index >= 15 is 0 Å². The van der Waals surface area contributed by atoms with Crippen LogP contribution in [-0.4, -0.2) is 12.6 Å². The van der Waals surface area contributed by atoms with Crippen molar-refractivity contribution in [2.24, 2.45) is 17.8 Å². The van der Waals surface area contributed by atoms with E-state index in [2.05, 4.69) is 69.9 Å². The number of aryl methyl sites for hydroxylation is 2. The summed E-state index contributed by atoms with van der Waals surface area (Å²) in [6.07, 6.45) is 9.70. The lowest BCUT2D eigenvalue weighted by Gasteiger charge is -2.57. The van der Waals surface area contributed by atoms with Gasteiger partial charge in [0.1, 0.15) is 5.75 Å². The average molecular weight is 444 g/mol. The molecule has 4 fully saturated rings. The smallest absolute Gasteiger partial charge is 0.122 e. The van der Waals surface area contributed by atoms with Gasteiger partial charge in [-0.25, -0.2) is 0 Å². The largest absolute Gasteiger partial charge is 0.496 e. The van der Waals surface area contributed by atoms with E-state index in [4.69, 9.17) is 4.74 Å². The Morgan fingerprint density at radius 3 is 2.06 bits per heavy atom. The number of fused-ring (bicyclic) bond motifs is 1. The first-order valence-electron chi connectivity index (χ1n) is 13.3. The van der Waals surface area contributed by atoms with Gasteiger partial charge in [0.15, 0.2) is 0 Å². The van der Waals surface area contributed by atoms with Crippen LogP contribution in [0.15, 0.2) is 30.3 Å².